The van der Waals surface area contributed by atoms with Gasteiger partial charge in [-0.3, -0.25) is 0 Å². The molecule has 34 heavy (non-hydrogen) atoms. The summed E-state index contributed by atoms with van der Waals surface area (Å²) in [6, 6.07) is 2.05. The smallest absolute Gasteiger partial charge is 0.335 e. The fourth-order valence-electron chi connectivity index (χ4n) is 5.10. The predicted octanol–water partition coefficient (Wildman–Crippen LogP) is 8.48. The van der Waals surface area contributed by atoms with Crippen molar-refractivity contribution >= 4 is 5.69 Å². The Balaban J connectivity index is 1.62. The summed E-state index contributed by atoms with van der Waals surface area (Å²) in [6.45, 7) is 2.58. The van der Waals surface area contributed by atoms with Gasteiger partial charge in [-0.1, -0.05) is 84.0 Å². The minimum Gasteiger partial charge on any atom is -0.496 e. The molecule has 1 unspecified atom stereocenters. The number of piperidine rings is 1. The summed E-state index contributed by atoms with van der Waals surface area (Å²) < 4.78 is 49.5. The summed E-state index contributed by atoms with van der Waals surface area (Å²) >= 11 is 0. The molecule has 1 aliphatic heterocycles. The Morgan fingerprint density at radius 2 is 1.47 bits per heavy atom. The zero-order valence-electron chi connectivity index (χ0n) is 21.5. The van der Waals surface area contributed by atoms with Crippen LogP contribution in [0.5, 0.6) is 5.75 Å². The highest BCUT2D eigenvalue weighted by Gasteiger charge is 2.46. The van der Waals surface area contributed by atoms with E-state index in [1.807, 2.05) is 12.1 Å². The van der Waals surface area contributed by atoms with Gasteiger partial charge < -0.3 is 10.5 Å². The van der Waals surface area contributed by atoms with Gasteiger partial charge in [0.05, 0.1) is 7.11 Å². The van der Waals surface area contributed by atoms with Crippen molar-refractivity contribution in [2.24, 2.45) is 0 Å². The molecule has 0 spiro atoms. The number of likely N-dealkylation sites (tertiary alicyclic amines) is 1. The lowest BCUT2D eigenvalue weighted by Crippen LogP contribution is -2.51. The molecule has 3 nitrogen and oxygen atoms in total. The molecule has 0 radical (unpaired) electrons. The average Bonchev–Trinajstić information content (AvgIpc) is 2.84. The number of nitrogens with zero attached hydrogens (tertiary/aromatic N) is 1. The van der Waals surface area contributed by atoms with E-state index in [0.29, 0.717) is 24.9 Å². The molecule has 1 atom stereocenters. The summed E-state index contributed by atoms with van der Waals surface area (Å²) in [4.78, 5) is 1.04. The summed E-state index contributed by atoms with van der Waals surface area (Å²) in [7, 11) is 1.60. The first-order valence-corrected chi connectivity index (χ1v) is 13.6. The molecule has 0 aliphatic carbocycles. The lowest BCUT2D eigenvalue weighted by Gasteiger charge is -2.38. The van der Waals surface area contributed by atoms with Crippen LogP contribution in [0.4, 0.5) is 18.9 Å². The van der Waals surface area contributed by atoms with Gasteiger partial charge in [0, 0.05) is 18.8 Å². The van der Waals surface area contributed by atoms with Crippen molar-refractivity contribution in [3.8, 4) is 5.75 Å². The highest BCUT2D eigenvalue weighted by Crippen LogP contribution is 2.39. The molecule has 0 amide bonds. The van der Waals surface area contributed by atoms with Crippen LogP contribution in [0, 0.1) is 0 Å². The van der Waals surface area contributed by atoms with Gasteiger partial charge in [-0.25, -0.2) is 9.29 Å². The number of hydrogen-bond acceptors (Lipinski definition) is 3. The molecule has 0 bridgehead atoms. The molecule has 1 heterocycles. The third-order valence-electron chi connectivity index (χ3n) is 7.30. The standard InChI is InChI=1S/C28H47F3N2O/c1-3-4-5-6-7-8-9-10-11-12-13-14-15-27(29)28(30,31)33-20-18-23(19-21-33)25-22-24(32)16-17-26(25)34-2/h16-17,22-23,27H,3-15,18-21,32H2,1-2H3. The van der Waals surface area contributed by atoms with Crippen LogP contribution in [0.15, 0.2) is 18.2 Å². The van der Waals surface area contributed by atoms with Gasteiger partial charge in [0.25, 0.3) is 0 Å². The van der Waals surface area contributed by atoms with E-state index in [4.69, 9.17) is 10.5 Å². The molecular weight excluding hydrogens is 437 g/mol. The third-order valence-corrected chi connectivity index (χ3v) is 7.30. The second kappa shape index (κ2) is 15.5. The number of nitrogens with two attached hydrogens (primary N) is 1. The number of halogens is 3. The van der Waals surface area contributed by atoms with Crippen LogP contribution >= 0.6 is 0 Å². The third kappa shape index (κ3) is 9.31. The van der Waals surface area contributed by atoms with Gasteiger partial charge in [-0.2, -0.15) is 8.78 Å². The van der Waals surface area contributed by atoms with Crippen LogP contribution in [0.25, 0.3) is 0 Å². The number of alkyl halides is 3. The molecule has 2 N–H and O–H groups in total. The maximum absolute atomic E-state index is 14.8. The van der Waals surface area contributed by atoms with Crippen LogP contribution in [-0.4, -0.2) is 37.3 Å². The van der Waals surface area contributed by atoms with Crippen molar-refractivity contribution in [2.75, 3.05) is 25.9 Å². The molecule has 1 aromatic rings. The first-order valence-electron chi connectivity index (χ1n) is 13.6. The topological polar surface area (TPSA) is 38.5 Å². The highest BCUT2D eigenvalue weighted by molar-refractivity contribution is 5.49. The van der Waals surface area contributed by atoms with E-state index in [9.17, 15) is 13.2 Å². The molecule has 6 heteroatoms. The molecule has 1 aliphatic rings. The number of ether oxygens (including phenoxy) is 1. The molecule has 0 saturated carbocycles. The fourth-order valence-corrected chi connectivity index (χ4v) is 5.10. The first kappa shape index (κ1) is 28.8. The van der Waals surface area contributed by atoms with E-state index in [2.05, 4.69) is 6.92 Å². The molecule has 1 aromatic carbocycles. The highest BCUT2D eigenvalue weighted by atomic mass is 19.3. The van der Waals surface area contributed by atoms with Crippen LogP contribution in [0.2, 0.25) is 0 Å². The van der Waals surface area contributed by atoms with Crippen LogP contribution in [0.1, 0.15) is 115 Å². The van der Waals surface area contributed by atoms with E-state index >= 15 is 0 Å². The molecule has 196 valence electrons. The lowest BCUT2D eigenvalue weighted by molar-refractivity contribution is -0.199. The number of unbranched alkanes of at least 4 members (excludes halogenated alkanes) is 11. The molecule has 1 fully saturated rings. The van der Waals surface area contributed by atoms with E-state index < -0.39 is 12.2 Å². The SMILES string of the molecule is CCCCCCCCCCCCCCC(F)C(F)(F)N1CCC(c2cc(N)ccc2OC)CC1. The Morgan fingerprint density at radius 1 is 0.941 bits per heavy atom. The number of hydrogen-bond donors (Lipinski definition) is 1. The van der Waals surface area contributed by atoms with Crippen molar-refractivity contribution in [1.29, 1.82) is 0 Å². The maximum atomic E-state index is 14.8. The Morgan fingerprint density at radius 3 is 2.00 bits per heavy atom. The molecule has 1 saturated heterocycles. The second-order valence-corrected chi connectivity index (χ2v) is 10.00. The Bertz CT molecular complexity index is 678. The Hall–Kier alpha value is -1.43. The van der Waals surface area contributed by atoms with E-state index in [1.54, 1.807) is 13.2 Å². The Labute approximate surface area is 205 Å². The Kier molecular flexibility index (Phi) is 13.2. The zero-order chi connectivity index (χ0) is 24.8. The summed E-state index contributed by atoms with van der Waals surface area (Å²) in [5, 5.41) is 0. The number of methoxy groups -OCH3 is 1. The van der Waals surface area contributed by atoms with Crippen LogP contribution in [-0.2, 0) is 0 Å². The number of benzene rings is 1. The largest absolute Gasteiger partial charge is 0.496 e. The molecular formula is C28H47F3N2O. The average molecular weight is 485 g/mol. The van der Waals surface area contributed by atoms with Gasteiger partial charge in [0.1, 0.15) is 5.75 Å². The minimum atomic E-state index is -3.40. The van der Waals surface area contributed by atoms with Crippen molar-refractivity contribution in [1.82, 2.24) is 4.90 Å². The van der Waals surface area contributed by atoms with Crippen molar-refractivity contribution < 1.29 is 17.9 Å². The monoisotopic (exact) mass is 484 g/mol. The lowest BCUT2D eigenvalue weighted by atomic mass is 9.88. The fraction of sp³-hybridized carbons (Fsp3) is 0.786. The van der Waals surface area contributed by atoms with Crippen LogP contribution < -0.4 is 10.5 Å². The van der Waals surface area contributed by atoms with Gasteiger partial charge in [0.15, 0.2) is 6.17 Å². The van der Waals surface area contributed by atoms with Gasteiger partial charge in [-0.15, -0.1) is 0 Å². The van der Waals surface area contributed by atoms with Crippen molar-refractivity contribution in [3.63, 3.8) is 0 Å². The molecule has 2 rings (SSSR count). The van der Waals surface area contributed by atoms with Gasteiger partial charge in [-0.05, 0) is 48.9 Å². The van der Waals surface area contributed by atoms with Crippen molar-refractivity contribution in [2.45, 2.75) is 121 Å². The number of anilines is 1. The summed E-state index contributed by atoms with van der Waals surface area (Å²) in [6.07, 6.45) is 12.8. The van der Waals surface area contributed by atoms with Gasteiger partial charge >= 0.3 is 6.05 Å². The maximum Gasteiger partial charge on any atom is 0.335 e. The van der Waals surface area contributed by atoms with Crippen LogP contribution in [0.3, 0.4) is 0 Å². The summed E-state index contributed by atoms with van der Waals surface area (Å²) in [5.74, 6) is 0.828. The molecule has 0 aromatic heterocycles. The number of rotatable bonds is 17. The normalized spacial score (nSPS) is 16.6. The minimum absolute atomic E-state index is 0.0621. The number of nitrogen functional groups attached to an aromatic ring is 1. The first-order chi connectivity index (χ1) is 16.4. The zero-order valence-corrected chi connectivity index (χ0v) is 21.5. The van der Waals surface area contributed by atoms with E-state index in [-0.39, 0.29) is 25.4 Å². The van der Waals surface area contributed by atoms with Gasteiger partial charge in [0.2, 0.25) is 0 Å². The quantitative estimate of drug-likeness (QED) is 0.137. The predicted molar refractivity (Wildman–Crippen MR) is 136 cm³/mol. The second-order valence-electron chi connectivity index (χ2n) is 10.00. The summed E-state index contributed by atoms with van der Waals surface area (Å²) in [5.41, 5.74) is 7.50. The van der Waals surface area contributed by atoms with Crippen molar-refractivity contribution in [3.05, 3.63) is 23.8 Å². The van der Waals surface area contributed by atoms with E-state index in [0.717, 1.165) is 35.5 Å². The van der Waals surface area contributed by atoms with E-state index in [1.165, 1.54) is 51.4 Å².